The standard InChI is InChI=1S/C25H43N5O8.C2HF3O2/c1-8-10-37-13-17(26)22(32)29-21(16(5)6)25(35)30-20(15(3)4)24(34)28-18(14-38-11-9-2)23(33)27-12-19(31)36-7;3-2(4,5)1(6)7/h8-9,15-18,20-21H,1-2,10-14,26H2,3-7H3,(H,27,33)(H,28,34)(H,29,32)(H,30,35);(H,6,7)/t17-,18-,20-,21-;/m0./s1. The number of esters is 1. The molecule has 15 nitrogen and oxygen atoms in total. The zero-order valence-corrected chi connectivity index (χ0v) is 25.9. The van der Waals surface area contributed by atoms with Gasteiger partial charge in [0.2, 0.25) is 23.6 Å². The minimum Gasteiger partial charge on any atom is -0.475 e. The molecule has 0 spiro atoms. The molecule has 258 valence electrons. The number of hydrogen-bond acceptors (Lipinski definition) is 10. The molecule has 0 aliphatic heterocycles. The summed E-state index contributed by atoms with van der Waals surface area (Å²) in [6.45, 7) is 13.6. The van der Waals surface area contributed by atoms with Crippen molar-refractivity contribution in [3.8, 4) is 0 Å². The summed E-state index contributed by atoms with van der Waals surface area (Å²) < 4.78 is 46.7. The van der Waals surface area contributed by atoms with Gasteiger partial charge in [-0.1, -0.05) is 39.8 Å². The Morgan fingerprint density at radius 2 is 1.22 bits per heavy atom. The Morgan fingerprint density at radius 1 is 0.800 bits per heavy atom. The molecule has 0 aromatic rings. The zero-order chi connectivity index (χ0) is 35.3. The van der Waals surface area contributed by atoms with Crippen LogP contribution >= 0.6 is 0 Å². The third-order valence-electron chi connectivity index (χ3n) is 5.39. The molecule has 18 heteroatoms. The molecule has 0 aliphatic carbocycles. The Bertz CT molecular complexity index is 1010. The van der Waals surface area contributed by atoms with Crippen molar-refractivity contribution in [3.63, 3.8) is 0 Å². The number of alkyl halides is 3. The molecule has 0 heterocycles. The van der Waals surface area contributed by atoms with E-state index >= 15 is 0 Å². The van der Waals surface area contributed by atoms with Gasteiger partial charge in [-0.2, -0.15) is 13.2 Å². The number of carboxylic acids is 1. The second-order valence-corrected chi connectivity index (χ2v) is 9.88. The highest BCUT2D eigenvalue weighted by atomic mass is 19.4. The number of halogens is 3. The highest BCUT2D eigenvalue weighted by molar-refractivity contribution is 5.95. The summed E-state index contributed by atoms with van der Waals surface area (Å²) >= 11 is 0. The van der Waals surface area contributed by atoms with Crippen molar-refractivity contribution in [2.24, 2.45) is 17.6 Å². The Kier molecular flexibility index (Phi) is 21.5. The highest BCUT2D eigenvalue weighted by Crippen LogP contribution is 2.13. The predicted octanol–water partition coefficient (Wildman–Crippen LogP) is -0.592. The quantitative estimate of drug-likeness (QED) is 0.0586. The van der Waals surface area contributed by atoms with Crippen LogP contribution in [-0.4, -0.2) is 111 Å². The smallest absolute Gasteiger partial charge is 0.475 e. The first-order valence-corrected chi connectivity index (χ1v) is 13.5. The van der Waals surface area contributed by atoms with E-state index in [1.54, 1.807) is 27.7 Å². The van der Waals surface area contributed by atoms with E-state index in [9.17, 15) is 37.1 Å². The fourth-order valence-corrected chi connectivity index (χ4v) is 3.00. The van der Waals surface area contributed by atoms with Gasteiger partial charge in [-0.3, -0.25) is 24.0 Å². The maximum Gasteiger partial charge on any atom is 0.490 e. The number of carboxylic acid groups (broad SMARTS) is 1. The molecule has 4 atom stereocenters. The van der Waals surface area contributed by atoms with Gasteiger partial charge in [0, 0.05) is 0 Å². The molecule has 0 unspecified atom stereocenters. The van der Waals surface area contributed by atoms with Crippen molar-refractivity contribution in [2.75, 3.05) is 40.1 Å². The third kappa shape index (κ3) is 19.1. The molecule has 0 saturated carbocycles. The van der Waals surface area contributed by atoms with Crippen LogP contribution in [0.1, 0.15) is 27.7 Å². The molecular formula is C27H44F3N5O10. The predicted molar refractivity (Wildman–Crippen MR) is 154 cm³/mol. The van der Waals surface area contributed by atoms with Crippen molar-refractivity contribution >= 4 is 35.6 Å². The summed E-state index contributed by atoms with van der Waals surface area (Å²) in [5.41, 5.74) is 5.84. The molecule has 0 radical (unpaired) electrons. The Labute approximate surface area is 259 Å². The van der Waals surface area contributed by atoms with E-state index in [0.717, 1.165) is 0 Å². The molecule has 0 aromatic carbocycles. The van der Waals surface area contributed by atoms with Gasteiger partial charge in [-0.05, 0) is 11.8 Å². The van der Waals surface area contributed by atoms with Crippen LogP contribution in [0.25, 0.3) is 0 Å². The van der Waals surface area contributed by atoms with Crippen LogP contribution in [0.3, 0.4) is 0 Å². The van der Waals surface area contributed by atoms with Crippen molar-refractivity contribution in [1.82, 2.24) is 21.3 Å². The summed E-state index contributed by atoms with van der Waals surface area (Å²) in [7, 11) is 1.17. The Morgan fingerprint density at radius 3 is 1.62 bits per heavy atom. The van der Waals surface area contributed by atoms with Crippen LogP contribution in [0.15, 0.2) is 25.3 Å². The first-order valence-electron chi connectivity index (χ1n) is 13.5. The zero-order valence-electron chi connectivity index (χ0n) is 25.9. The highest BCUT2D eigenvalue weighted by Gasteiger charge is 2.38. The normalized spacial score (nSPS) is 13.6. The van der Waals surface area contributed by atoms with Gasteiger partial charge < -0.3 is 46.3 Å². The summed E-state index contributed by atoms with van der Waals surface area (Å²) in [6, 6.07) is -4.22. The first-order chi connectivity index (χ1) is 20.8. The summed E-state index contributed by atoms with van der Waals surface area (Å²) in [4.78, 5) is 71.6. The number of nitrogens with one attached hydrogen (secondary N) is 4. The van der Waals surface area contributed by atoms with Crippen molar-refractivity contribution < 1.29 is 61.3 Å². The van der Waals surface area contributed by atoms with E-state index in [1.807, 2.05) is 0 Å². The first kappa shape index (κ1) is 43.1. The van der Waals surface area contributed by atoms with E-state index in [4.69, 9.17) is 25.1 Å². The monoisotopic (exact) mass is 655 g/mol. The lowest BCUT2D eigenvalue weighted by Gasteiger charge is -2.29. The molecular weight excluding hydrogens is 611 g/mol. The Hall–Kier alpha value is -4.03. The molecule has 0 bridgehead atoms. The van der Waals surface area contributed by atoms with Gasteiger partial charge in [0.05, 0.1) is 33.5 Å². The number of ether oxygens (including phenoxy) is 3. The van der Waals surface area contributed by atoms with Crippen LogP contribution in [0, 0.1) is 11.8 Å². The van der Waals surface area contributed by atoms with Gasteiger partial charge in [-0.25, -0.2) is 4.79 Å². The maximum absolute atomic E-state index is 13.1. The van der Waals surface area contributed by atoms with Crippen LogP contribution in [0.5, 0.6) is 0 Å². The number of hydrogen-bond donors (Lipinski definition) is 6. The van der Waals surface area contributed by atoms with Crippen molar-refractivity contribution in [3.05, 3.63) is 25.3 Å². The molecule has 0 aromatic heterocycles. The summed E-state index contributed by atoms with van der Waals surface area (Å²) in [5.74, 6) is -6.67. The SMILES string of the molecule is C=CCOC[C@H](NC(=O)[C@@H](NC(=O)[C@@H](NC(=O)[C@@H](N)COCC=C)C(C)C)C(C)C)C(=O)NCC(=O)OC.O=C(O)C(F)(F)F. The minimum absolute atomic E-state index is 0.0608. The summed E-state index contributed by atoms with van der Waals surface area (Å²) in [6.07, 6.45) is -2.09. The number of aliphatic carboxylic acids is 1. The number of rotatable bonds is 19. The molecule has 0 aliphatic rings. The maximum atomic E-state index is 13.1. The third-order valence-corrected chi connectivity index (χ3v) is 5.39. The lowest BCUT2D eigenvalue weighted by Crippen LogP contribution is -2.60. The van der Waals surface area contributed by atoms with Gasteiger partial charge in [0.15, 0.2) is 0 Å². The molecule has 7 N–H and O–H groups in total. The second-order valence-electron chi connectivity index (χ2n) is 9.88. The fourth-order valence-electron chi connectivity index (χ4n) is 3.00. The Balaban J connectivity index is 0. The molecule has 45 heavy (non-hydrogen) atoms. The van der Waals surface area contributed by atoms with E-state index in [0.29, 0.717) is 0 Å². The largest absolute Gasteiger partial charge is 0.490 e. The number of carbonyl (C=O) groups is 6. The second kappa shape index (κ2) is 22.5. The molecule has 0 saturated heterocycles. The van der Waals surface area contributed by atoms with E-state index in [2.05, 4.69) is 39.2 Å². The molecule has 0 fully saturated rings. The van der Waals surface area contributed by atoms with Crippen LogP contribution in [-0.2, 0) is 43.0 Å². The number of amides is 4. The van der Waals surface area contributed by atoms with E-state index < -0.39 is 72.5 Å². The minimum atomic E-state index is -5.08. The lowest BCUT2D eigenvalue weighted by atomic mass is 9.99. The van der Waals surface area contributed by atoms with Crippen LogP contribution in [0.4, 0.5) is 13.2 Å². The molecule has 4 amide bonds. The fraction of sp³-hybridized carbons (Fsp3) is 0.630. The summed E-state index contributed by atoms with van der Waals surface area (Å²) in [5, 5.41) is 17.3. The number of methoxy groups -OCH3 is 1. The van der Waals surface area contributed by atoms with Crippen LogP contribution in [0.2, 0.25) is 0 Å². The van der Waals surface area contributed by atoms with Gasteiger partial charge in [-0.15, -0.1) is 13.2 Å². The average Bonchev–Trinajstić information content (AvgIpc) is 2.95. The van der Waals surface area contributed by atoms with Crippen molar-refractivity contribution in [2.45, 2.75) is 58.0 Å². The lowest BCUT2D eigenvalue weighted by molar-refractivity contribution is -0.192. The number of carbonyl (C=O) groups excluding carboxylic acids is 5. The average molecular weight is 656 g/mol. The van der Waals surface area contributed by atoms with E-state index in [1.165, 1.54) is 19.3 Å². The van der Waals surface area contributed by atoms with Gasteiger partial charge >= 0.3 is 18.1 Å². The number of nitrogens with two attached hydrogens (primary N) is 1. The van der Waals surface area contributed by atoms with Gasteiger partial charge in [0.25, 0.3) is 0 Å². The van der Waals surface area contributed by atoms with E-state index in [-0.39, 0.29) is 38.3 Å². The molecule has 0 rings (SSSR count). The van der Waals surface area contributed by atoms with Crippen molar-refractivity contribution in [1.29, 1.82) is 0 Å². The van der Waals surface area contributed by atoms with Crippen LogP contribution < -0.4 is 27.0 Å². The van der Waals surface area contributed by atoms with Gasteiger partial charge in [0.1, 0.15) is 30.7 Å². The topological polar surface area (TPSA) is 224 Å².